The second kappa shape index (κ2) is 11.3. The molecule has 5 nitrogen and oxygen atoms in total. The van der Waals surface area contributed by atoms with Crippen LogP contribution in [-0.2, 0) is 13.0 Å². The number of halogens is 1. The Labute approximate surface area is 204 Å². The van der Waals surface area contributed by atoms with Crippen LogP contribution in [0, 0.1) is 0 Å². The monoisotopic (exact) mass is 472 g/mol. The molecule has 1 amide bonds. The number of nitrogens with zero attached hydrogens (tertiary/aromatic N) is 2. The maximum Gasteiger partial charge on any atom is 0.254 e. The summed E-state index contributed by atoms with van der Waals surface area (Å²) in [5.41, 5.74) is 2.51. The van der Waals surface area contributed by atoms with E-state index in [2.05, 4.69) is 4.98 Å². The zero-order valence-electron chi connectivity index (χ0n) is 18.9. The number of carbonyl (C=O) groups excluding carboxylic acids is 1. The van der Waals surface area contributed by atoms with E-state index in [4.69, 9.17) is 21.1 Å². The normalized spacial score (nSPS) is 10.5. The molecule has 0 bridgehead atoms. The van der Waals surface area contributed by atoms with Gasteiger partial charge < -0.3 is 14.4 Å². The quantitative estimate of drug-likeness (QED) is 0.282. The van der Waals surface area contributed by atoms with Crippen LogP contribution in [-0.4, -0.2) is 29.4 Å². The largest absolute Gasteiger partial charge is 0.497 e. The lowest BCUT2D eigenvalue weighted by Crippen LogP contribution is -2.32. The van der Waals surface area contributed by atoms with E-state index in [1.54, 1.807) is 49.7 Å². The van der Waals surface area contributed by atoms with Crippen molar-refractivity contribution in [1.29, 1.82) is 0 Å². The molecule has 0 saturated carbocycles. The van der Waals surface area contributed by atoms with Gasteiger partial charge in [0, 0.05) is 42.0 Å². The van der Waals surface area contributed by atoms with Crippen LogP contribution in [0.25, 0.3) is 0 Å². The van der Waals surface area contributed by atoms with Crippen molar-refractivity contribution in [3.8, 4) is 17.2 Å². The fraction of sp³-hybridized carbons (Fsp3) is 0.143. The average Bonchev–Trinajstić information content (AvgIpc) is 2.88. The van der Waals surface area contributed by atoms with Gasteiger partial charge in [-0.2, -0.15) is 0 Å². The molecular weight excluding hydrogens is 448 g/mol. The smallest absolute Gasteiger partial charge is 0.254 e. The molecule has 1 aromatic heterocycles. The Kier molecular flexibility index (Phi) is 7.79. The number of hydrogen-bond donors (Lipinski definition) is 0. The minimum Gasteiger partial charge on any atom is -0.497 e. The number of pyridine rings is 1. The number of ether oxygens (including phenoxy) is 2. The lowest BCUT2D eigenvalue weighted by molar-refractivity contribution is 0.0744. The second-order valence-corrected chi connectivity index (χ2v) is 8.17. The molecule has 0 aliphatic rings. The molecule has 0 aliphatic carbocycles. The Morgan fingerprint density at radius 3 is 2.35 bits per heavy atom. The molecule has 0 unspecified atom stereocenters. The van der Waals surface area contributed by atoms with E-state index in [-0.39, 0.29) is 5.91 Å². The van der Waals surface area contributed by atoms with Gasteiger partial charge in [0.15, 0.2) is 0 Å². The molecule has 1 heterocycles. The van der Waals surface area contributed by atoms with Crippen molar-refractivity contribution in [3.05, 3.63) is 119 Å². The molecule has 0 aliphatic heterocycles. The van der Waals surface area contributed by atoms with Gasteiger partial charge >= 0.3 is 0 Å². The summed E-state index contributed by atoms with van der Waals surface area (Å²) in [5, 5.41) is 0.654. The molecule has 0 saturated heterocycles. The lowest BCUT2D eigenvalue weighted by Gasteiger charge is -2.23. The number of benzene rings is 3. The van der Waals surface area contributed by atoms with Gasteiger partial charge in [0.05, 0.1) is 7.11 Å². The van der Waals surface area contributed by atoms with Crippen molar-refractivity contribution < 1.29 is 14.3 Å². The third-order valence-electron chi connectivity index (χ3n) is 5.31. The molecule has 172 valence electrons. The topological polar surface area (TPSA) is 51.7 Å². The summed E-state index contributed by atoms with van der Waals surface area (Å²) in [7, 11) is 1.61. The molecule has 6 heteroatoms. The van der Waals surface area contributed by atoms with E-state index >= 15 is 0 Å². The highest BCUT2D eigenvalue weighted by atomic mass is 35.5. The first-order valence-corrected chi connectivity index (χ1v) is 11.3. The molecule has 4 rings (SSSR count). The summed E-state index contributed by atoms with van der Waals surface area (Å²) in [6, 6.07) is 27.9. The number of methoxy groups -OCH3 is 1. The number of aromatic nitrogens is 1. The highest BCUT2D eigenvalue weighted by Gasteiger charge is 2.17. The molecule has 34 heavy (non-hydrogen) atoms. The van der Waals surface area contributed by atoms with E-state index in [0.717, 1.165) is 11.3 Å². The molecule has 0 N–H and O–H groups in total. The molecule has 0 radical (unpaired) electrons. The van der Waals surface area contributed by atoms with Gasteiger partial charge in [-0.05, 0) is 78.4 Å². The van der Waals surface area contributed by atoms with Crippen LogP contribution in [0.15, 0.2) is 97.2 Å². The van der Waals surface area contributed by atoms with Crippen molar-refractivity contribution in [2.45, 2.75) is 13.0 Å². The van der Waals surface area contributed by atoms with Crippen LogP contribution in [0.1, 0.15) is 21.6 Å². The lowest BCUT2D eigenvalue weighted by atomic mass is 10.1. The van der Waals surface area contributed by atoms with Gasteiger partial charge in [-0.1, -0.05) is 29.8 Å². The van der Waals surface area contributed by atoms with Crippen molar-refractivity contribution in [2.24, 2.45) is 0 Å². The third kappa shape index (κ3) is 6.36. The summed E-state index contributed by atoms with van der Waals surface area (Å²) < 4.78 is 11.2. The van der Waals surface area contributed by atoms with Crippen molar-refractivity contribution in [1.82, 2.24) is 9.88 Å². The summed E-state index contributed by atoms with van der Waals surface area (Å²) in [4.78, 5) is 19.6. The van der Waals surface area contributed by atoms with Gasteiger partial charge in [0.25, 0.3) is 5.91 Å². The fourth-order valence-electron chi connectivity index (χ4n) is 3.53. The summed E-state index contributed by atoms with van der Waals surface area (Å²) in [5.74, 6) is 2.05. The van der Waals surface area contributed by atoms with Crippen LogP contribution in [0.5, 0.6) is 17.2 Å². The third-order valence-corrected chi connectivity index (χ3v) is 5.56. The molecule has 4 aromatic rings. The first-order chi connectivity index (χ1) is 16.6. The predicted molar refractivity (Wildman–Crippen MR) is 134 cm³/mol. The van der Waals surface area contributed by atoms with Crippen LogP contribution in [0.4, 0.5) is 0 Å². The Morgan fingerprint density at radius 2 is 1.65 bits per heavy atom. The highest BCUT2D eigenvalue weighted by Crippen LogP contribution is 2.25. The van der Waals surface area contributed by atoms with Gasteiger partial charge in [-0.25, -0.2) is 0 Å². The van der Waals surface area contributed by atoms with E-state index in [1.165, 1.54) is 0 Å². The van der Waals surface area contributed by atoms with Crippen molar-refractivity contribution in [2.75, 3.05) is 13.7 Å². The summed E-state index contributed by atoms with van der Waals surface area (Å²) in [6.07, 6.45) is 2.42. The Hall–Kier alpha value is -3.83. The molecule has 3 aromatic carbocycles. The molecule has 0 spiro atoms. The fourth-order valence-corrected chi connectivity index (χ4v) is 3.66. The van der Waals surface area contributed by atoms with Gasteiger partial charge in [0.1, 0.15) is 17.2 Å². The average molecular weight is 473 g/mol. The Morgan fingerprint density at radius 1 is 0.882 bits per heavy atom. The SMILES string of the molecule is COc1ccc(C(=O)N(CCc2ccccn2)Cc2cccc(Oc3ccc(Cl)cc3)c2)cc1. The second-order valence-electron chi connectivity index (χ2n) is 7.73. The Bertz CT molecular complexity index is 1210. The van der Waals surface area contributed by atoms with Gasteiger partial charge in [-0.15, -0.1) is 0 Å². The molecule has 0 atom stereocenters. The summed E-state index contributed by atoms with van der Waals surface area (Å²) in [6.45, 7) is 0.972. The zero-order chi connectivity index (χ0) is 23.8. The first kappa shape index (κ1) is 23.3. The molecule has 0 fully saturated rings. The van der Waals surface area contributed by atoms with Gasteiger partial charge in [0.2, 0.25) is 0 Å². The number of amides is 1. The molecular formula is C28H25ClN2O3. The van der Waals surface area contributed by atoms with Crippen LogP contribution in [0.2, 0.25) is 5.02 Å². The van der Waals surface area contributed by atoms with E-state index in [0.29, 0.717) is 47.3 Å². The summed E-state index contributed by atoms with van der Waals surface area (Å²) >= 11 is 5.96. The maximum absolute atomic E-state index is 13.4. The zero-order valence-corrected chi connectivity index (χ0v) is 19.6. The van der Waals surface area contributed by atoms with E-state index in [9.17, 15) is 4.79 Å². The standard InChI is InChI=1S/C28H25ClN2O3/c1-33-25-12-8-22(9-13-25)28(32)31(18-16-24-6-2-3-17-30-24)20-21-5-4-7-27(19-21)34-26-14-10-23(29)11-15-26/h2-15,17,19H,16,18,20H2,1H3. The van der Waals surface area contributed by atoms with Crippen molar-refractivity contribution >= 4 is 17.5 Å². The van der Waals surface area contributed by atoms with Crippen molar-refractivity contribution in [3.63, 3.8) is 0 Å². The van der Waals surface area contributed by atoms with E-state index in [1.807, 2.05) is 59.5 Å². The first-order valence-electron chi connectivity index (χ1n) is 11.0. The van der Waals surface area contributed by atoms with Crippen LogP contribution in [0.3, 0.4) is 0 Å². The van der Waals surface area contributed by atoms with Gasteiger partial charge in [-0.3, -0.25) is 9.78 Å². The minimum atomic E-state index is -0.0531. The van der Waals surface area contributed by atoms with Crippen LogP contribution < -0.4 is 9.47 Å². The Balaban J connectivity index is 1.53. The van der Waals surface area contributed by atoms with E-state index < -0.39 is 0 Å². The maximum atomic E-state index is 13.4. The number of hydrogen-bond acceptors (Lipinski definition) is 4. The number of carbonyl (C=O) groups is 1. The van der Waals surface area contributed by atoms with Crippen LogP contribution >= 0.6 is 11.6 Å². The predicted octanol–water partition coefficient (Wildman–Crippen LogP) is 6.42. The minimum absolute atomic E-state index is 0.0531. The highest BCUT2D eigenvalue weighted by molar-refractivity contribution is 6.30. The number of rotatable bonds is 9.